The van der Waals surface area contributed by atoms with Crippen molar-refractivity contribution in [2.45, 2.75) is 12.8 Å². The zero-order valence-corrected chi connectivity index (χ0v) is 23.7. The van der Waals surface area contributed by atoms with Crippen molar-refractivity contribution < 1.29 is 0 Å². The summed E-state index contributed by atoms with van der Waals surface area (Å²) in [5.41, 5.74) is 17.9. The number of fused-ring (bicyclic) bond motifs is 1. The lowest BCUT2D eigenvalue weighted by Gasteiger charge is -2.28. The zero-order chi connectivity index (χ0) is 28.8. The van der Waals surface area contributed by atoms with Crippen LogP contribution in [0.15, 0.2) is 140 Å². The molecule has 4 nitrogen and oxygen atoms in total. The van der Waals surface area contributed by atoms with E-state index in [0.29, 0.717) is 0 Å². The fourth-order valence-electron chi connectivity index (χ4n) is 6.54. The van der Waals surface area contributed by atoms with Crippen LogP contribution in [0.4, 0.5) is 17.1 Å². The Morgan fingerprint density at radius 3 is 2.21 bits per heavy atom. The summed E-state index contributed by atoms with van der Waals surface area (Å²) in [5.74, 6) is 1.05. The number of nitrogen functional groups attached to an aromatic ring is 1. The van der Waals surface area contributed by atoms with Crippen LogP contribution >= 0.6 is 0 Å². The van der Waals surface area contributed by atoms with Gasteiger partial charge in [-0.2, -0.15) is 0 Å². The minimum atomic E-state index is 0.793. The lowest BCUT2D eigenvalue weighted by molar-refractivity contribution is 0.840. The molecule has 43 heavy (non-hydrogen) atoms. The smallest absolute Gasteiger partial charge is 0.114 e. The predicted molar refractivity (Wildman–Crippen MR) is 180 cm³/mol. The summed E-state index contributed by atoms with van der Waals surface area (Å²) in [6.07, 6.45) is 6.02. The van der Waals surface area contributed by atoms with Gasteiger partial charge in [-0.25, -0.2) is 4.98 Å². The highest BCUT2D eigenvalue weighted by atomic mass is 15.1. The standard InChI is InChI=1S/C39H30N4/c40-33-26-28-13-11-21-36-38(28)32(24-25-42(36)29-14-3-1-4-15-29)39(33)31-18-8-7-12-27(31)22-23-37-41-34-19-9-10-20-35(34)43(37)30-16-5-2-6-17-30/h1-21,24-26H,22-23,40H2. The first-order valence-electron chi connectivity index (χ1n) is 14.7. The van der Waals surface area contributed by atoms with Gasteiger partial charge in [0.1, 0.15) is 5.82 Å². The Morgan fingerprint density at radius 2 is 1.37 bits per heavy atom. The Bertz CT molecular complexity index is 2140. The number of para-hydroxylation sites is 4. The molecule has 0 aliphatic carbocycles. The Hall–Kier alpha value is -5.61. The lowest BCUT2D eigenvalue weighted by atomic mass is 9.87. The van der Waals surface area contributed by atoms with E-state index in [1.54, 1.807) is 0 Å². The number of nitrogens with zero attached hydrogens (tertiary/aromatic N) is 3. The van der Waals surface area contributed by atoms with Crippen LogP contribution in [0.25, 0.3) is 44.7 Å². The summed E-state index contributed by atoms with van der Waals surface area (Å²) < 4.78 is 2.29. The molecule has 7 aromatic rings. The minimum absolute atomic E-state index is 0.793. The number of hydrogen-bond donors (Lipinski definition) is 1. The number of imidazole rings is 1. The average molecular weight is 555 g/mol. The maximum absolute atomic E-state index is 6.88. The molecule has 1 aromatic heterocycles. The fourth-order valence-corrected chi connectivity index (χ4v) is 6.54. The third-order valence-corrected chi connectivity index (χ3v) is 8.45. The Labute approximate surface area is 251 Å². The van der Waals surface area contributed by atoms with E-state index in [1.165, 1.54) is 22.1 Å². The second-order valence-electron chi connectivity index (χ2n) is 11.0. The van der Waals surface area contributed by atoms with Crippen LogP contribution in [0, 0.1) is 0 Å². The number of aromatic nitrogens is 2. The highest BCUT2D eigenvalue weighted by molar-refractivity contribution is 6.11. The molecule has 206 valence electrons. The van der Waals surface area contributed by atoms with Crippen molar-refractivity contribution in [3.8, 4) is 16.8 Å². The molecule has 1 aliphatic rings. The monoisotopic (exact) mass is 554 g/mol. The molecule has 8 rings (SSSR count). The third-order valence-electron chi connectivity index (χ3n) is 8.45. The molecule has 0 radical (unpaired) electrons. The molecule has 0 unspecified atom stereocenters. The number of nitrogens with two attached hydrogens (primary N) is 1. The minimum Gasteiger partial charge on any atom is -0.398 e. The number of rotatable bonds is 6. The van der Waals surface area contributed by atoms with Gasteiger partial charge in [0.2, 0.25) is 0 Å². The van der Waals surface area contributed by atoms with Crippen LogP contribution in [-0.4, -0.2) is 9.55 Å². The molecule has 4 heteroatoms. The maximum atomic E-state index is 6.88. The summed E-state index contributed by atoms with van der Waals surface area (Å²) in [4.78, 5) is 7.34. The molecule has 0 saturated heterocycles. The Balaban J connectivity index is 1.23. The summed E-state index contributed by atoms with van der Waals surface area (Å²) in [6.45, 7) is 0. The quantitative estimate of drug-likeness (QED) is 0.208. The first-order chi connectivity index (χ1) is 21.3. The lowest BCUT2D eigenvalue weighted by Crippen LogP contribution is -2.12. The van der Waals surface area contributed by atoms with Crippen LogP contribution in [0.5, 0.6) is 0 Å². The summed E-state index contributed by atoms with van der Waals surface area (Å²) in [7, 11) is 0. The van der Waals surface area contributed by atoms with Crippen LogP contribution in [0.2, 0.25) is 0 Å². The largest absolute Gasteiger partial charge is 0.398 e. The van der Waals surface area contributed by atoms with Crippen LogP contribution in [0.3, 0.4) is 0 Å². The van der Waals surface area contributed by atoms with Crippen molar-refractivity contribution in [1.82, 2.24) is 9.55 Å². The van der Waals surface area contributed by atoms with E-state index in [4.69, 9.17) is 10.7 Å². The van der Waals surface area contributed by atoms with Gasteiger partial charge in [0.05, 0.1) is 16.7 Å². The topological polar surface area (TPSA) is 47.1 Å². The molecule has 0 amide bonds. The molecule has 0 atom stereocenters. The van der Waals surface area contributed by atoms with Crippen LogP contribution in [-0.2, 0) is 12.8 Å². The van der Waals surface area contributed by atoms with Crippen LogP contribution in [0.1, 0.15) is 17.0 Å². The molecule has 6 aromatic carbocycles. The molecular weight excluding hydrogens is 524 g/mol. The van der Waals surface area contributed by atoms with E-state index >= 15 is 0 Å². The number of hydrogen-bond acceptors (Lipinski definition) is 3. The van der Waals surface area contributed by atoms with E-state index in [0.717, 1.165) is 63.4 Å². The highest BCUT2D eigenvalue weighted by Crippen LogP contribution is 2.45. The van der Waals surface area contributed by atoms with Gasteiger partial charge in [-0.3, -0.25) is 4.57 Å². The van der Waals surface area contributed by atoms with E-state index in [-0.39, 0.29) is 0 Å². The Morgan fingerprint density at radius 1 is 0.651 bits per heavy atom. The Kier molecular flexibility index (Phi) is 6.04. The summed E-state index contributed by atoms with van der Waals surface area (Å²) in [6, 6.07) is 46.7. The van der Waals surface area contributed by atoms with Crippen molar-refractivity contribution in [3.63, 3.8) is 0 Å². The zero-order valence-electron chi connectivity index (χ0n) is 23.7. The van der Waals surface area contributed by atoms with Gasteiger partial charge in [0.25, 0.3) is 0 Å². The number of anilines is 3. The summed E-state index contributed by atoms with van der Waals surface area (Å²) >= 11 is 0. The third kappa shape index (κ3) is 4.27. The first kappa shape index (κ1) is 25.1. The van der Waals surface area contributed by atoms with E-state index in [1.807, 2.05) is 0 Å². The second kappa shape index (κ2) is 10.3. The predicted octanol–water partition coefficient (Wildman–Crippen LogP) is 9.34. The summed E-state index contributed by atoms with van der Waals surface area (Å²) in [5, 5.41) is 2.37. The second-order valence-corrected chi connectivity index (χ2v) is 11.0. The number of benzene rings is 6. The molecule has 0 bridgehead atoms. The average Bonchev–Trinajstić information content (AvgIpc) is 3.43. The molecule has 0 saturated carbocycles. The van der Waals surface area contributed by atoms with Crippen molar-refractivity contribution in [3.05, 3.63) is 157 Å². The number of aryl methyl sites for hydroxylation is 2. The van der Waals surface area contributed by atoms with Gasteiger partial charge in [-0.1, -0.05) is 84.9 Å². The fraction of sp³-hybridized carbons (Fsp3) is 0.0513. The van der Waals surface area contributed by atoms with Gasteiger partial charge < -0.3 is 10.6 Å². The molecule has 0 fully saturated rings. The first-order valence-corrected chi connectivity index (χ1v) is 14.7. The normalized spacial score (nSPS) is 12.3. The van der Waals surface area contributed by atoms with Crippen molar-refractivity contribution in [2.75, 3.05) is 10.6 Å². The van der Waals surface area contributed by atoms with E-state index in [2.05, 4.69) is 155 Å². The molecular formula is C39H30N4. The van der Waals surface area contributed by atoms with Crippen LogP contribution < -0.4 is 10.6 Å². The van der Waals surface area contributed by atoms with Gasteiger partial charge in [0.15, 0.2) is 0 Å². The molecule has 0 spiro atoms. The van der Waals surface area contributed by atoms with E-state index in [9.17, 15) is 0 Å². The van der Waals surface area contributed by atoms with Gasteiger partial charge >= 0.3 is 0 Å². The van der Waals surface area contributed by atoms with Gasteiger partial charge in [-0.15, -0.1) is 0 Å². The molecule has 2 N–H and O–H groups in total. The van der Waals surface area contributed by atoms with Crippen molar-refractivity contribution in [2.24, 2.45) is 0 Å². The maximum Gasteiger partial charge on any atom is 0.114 e. The van der Waals surface area contributed by atoms with Gasteiger partial charge in [0, 0.05) is 40.6 Å². The molecule has 1 aliphatic heterocycles. The molecule has 2 heterocycles. The van der Waals surface area contributed by atoms with Gasteiger partial charge in [-0.05, 0) is 83.1 Å². The van der Waals surface area contributed by atoms with Crippen molar-refractivity contribution >= 4 is 44.9 Å². The van der Waals surface area contributed by atoms with Crippen molar-refractivity contribution in [1.29, 1.82) is 0 Å². The highest BCUT2D eigenvalue weighted by Gasteiger charge is 2.22. The van der Waals surface area contributed by atoms with E-state index < -0.39 is 0 Å². The SMILES string of the molecule is Nc1cc2cccc3c2c(c1-c1ccccc1CCc1nc2ccccc2n1-c1ccccc1)C=CN3c1ccccc1.